The summed E-state index contributed by atoms with van der Waals surface area (Å²) in [5, 5.41) is 12.0. The van der Waals surface area contributed by atoms with E-state index in [-0.39, 0.29) is 23.9 Å². The first-order chi connectivity index (χ1) is 15.7. The lowest BCUT2D eigenvalue weighted by Crippen LogP contribution is -2.48. The van der Waals surface area contributed by atoms with Crippen LogP contribution >= 0.6 is 0 Å². The Labute approximate surface area is 194 Å². The highest BCUT2D eigenvalue weighted by Gasteiger charge is 2.51. The number of hydrogen-bond donors (Lipinski definition) is 2. The van der Waals surface area contributed by atoms with Crippen LogP contribution in [0.15, 0.2) is 42.5 Å². The predicted molar refractivity (Wildman–Crippen MR) is 127 cm³/mol. The molecular weight excluding hydrogens is 418 g/mol. The third-order valence-corrected chi connectivity index (χ3v) is 6.81. The van der Waals surface area contributed by atoms with Crippen LogP contribution in [0.2, 0.25) is 0 Å². The molecule has 1 fully saturated rings. The largest absolute Gasteiger partial charge is 0.478 e. The third-order valence-electron chi connectivity index (χ3n) is 6.81. The molecular formula is C26H31N3O4. The quantitative estimate of drug-likeness (QED) is 0.706. The molecule has 0 unspecified atom stereocenters. The number of hydrogen-bond acceptors (Lipinski definition) is 4. The van der Waals surface area contributed by atoms with E-state index in [9.17, 15) is 14.4 Å². The van der Waals surface area contributed by atoms with Gasteiger partial charge in [-0.2, -0.15) is 0 Å². The number of amides is 2. The topological polar surface area (TPSA) is 90.0 Å². The Balaban J connectivity index is 1.52. The number of nitrogens with one attached hydrogen (secondary N) is 1. The zero-order valence-corrected chi connectivity index (χ0v) is 19.4. The Bertz CT molecular complexity index is 1090. The molecule has 1 spiro atoms. The average Bonchev–Trinajstić information content (AvgIpc) is 3.00. The van der Waals surface area contributed by atoms with Crippen molar-refractivity contribution in [2.75, 3.05) is 31.6 Å². The molecule has 2 heterocycles. The van der Waals surface area contributed by atoms with Gasteiger partial charge in [0.15, 0.2) is 0 Å². The van der Waals surface area contributed by atoms with Crippen molar-refractivity contribution in [1.29, 1.82) is 0 Å². The number of piperidine rings is 1. The highest BCUT2D eigenvalue weighted by Crippen LogP contribution is 2.47. The average molecular weight is 450 g/mol. The van der Waals surface area contributed by atoms with Crippen LogP contribution in [-0.4, -0.2) is 54.5 Å². The SMILES string of the molecule is CC(C)CN1CCC2(CC1)C(=O)N(C)c1ccc(C(=O)NCc3cccc(C(=O)O)c3)cc12. The number of anilines is 1. The molecule has 2 aliphatic rings. The zero-order valence-electron chi connectivity index (χ0n) is 19.4. The second-order valence-corrected chi connectivity index (χ2v) is 9.56. The molecule has 2 amide bonds. The Hall–Kier alpha value is -3.19. The minimum atomic E-state index is -1.000. The summed E-state index contributed by atoms with van der Waals surface area (Å²) in [6, 6.07) is 12.0. The summed E-state index contributed by atoms with van der Waals surface area (Å²) in [6.45, 7) is 7.40. The Morgan fingerprint density at radius 3 is 2.48 bits per heavy atom. The lowest BCUT2D eigenvalue weighted by molar-refractivity contribution is -0.124. The normalized spacial score (nSPS) is 17.5. The van der Waals surface area contributed by atoms with Crippen LogP contribution in [0.1, 0.15) is 58.5 Å². The van der Waals surface area contributed by atoms with Crippen molar-refractivity contribution < 1.29 is 19.5 Å². The number of likely N-dealkylation sites (N-methyl/N-ethyl adjacent to an activating group) is 1. The lowest BCUT2D eigenvalue weighted by Gasteiger charge is -2.39. The van der Waals surface area contributed by atoms with Gasteiger partial charge in [-0.15, -0.1) is 0 Å². The number of fused-ring (bicyclic) bond motifs is 2. The van der Waals surface area contributed by atoms with Crippen LogP contribution in [0.25, 0.3) is 0 Å². The zero-order chi connectivity index (χ0) is 23.8. The van der Waals surface area contributed by atoms with Crippen molar-refractivity contribution >= 4 is 23.5 Å². The molecule has 4 rings (SSSR count). The third kappa shape index (κ3) is 4.37. The maximum atomic E-state index is 13.3. The molecule has 2 aromatic carbocycles. The van der Waals surface area contributed by atoms with Gasteiger partial charge in [0, 0.05) is 31.4 Å². The summed E-state index contributed by atoms with van der Waals surface area (Å²) in [7, 11) is 1.81. The number of aromatic carboxylic acids is 1. The van der Waals surface area contributed by atoms with E-state index in [4.69, 9.17) is 5.11 Å². The monoisotopic (exact) mass is 449 g/mol. The van der Waals surface area contributed by atoms with E-state index < -0.39 is 11.4 Å². The highest BCUT2D eigenvalue weighted by molar-refractivity contribution is 6.09. The first kappa shape index (κ1) is 23.0. The van der Waals surface area contributed by atoms with Gasteiger partial charge in [-0.1, -0.05) is 26.0 Å². The molecule has 2 aromatic rings. The van der Waals surface area contributed by atoms with Gasteiger partial charge in [-0.3, -0.25) is 9.59 Å². The number of nitrogens with zero attached hydrogens (tertiary/aromatic N) is 2. The molecule has 0 atom stereocenters. The number of carbonyl (C=O) groups excluding carboxylic acids is 2. The van der Waals surface area contributed by atoms with Gasteiger partial charge in [-0.25, -0.2) is 4.79 Å². The molecule has 0 radical (unpaired) electrons. The van der Waals surface area contributed by atoms with Crippen molar-refractivity contribution in [2.24, 2.45) is 5.92 Å². The van der Waals surface area contributed by atoms with Crippen LogP contribution < -0.4 is 10.2 Å². The van der Waals surface area contributed by atoms with E-state index >= 15 is 0 Å². The van der Waals surface area contributed by atoms with Gasteiger partial charge >= 0.3 is 5.97 Å². The van der Waals surface area contributed by atoms with Gasteiger partial charge in [0.25, 0.3) is 5.91 Å². The second kappa shape index (κ2) is 8.98. The molecule has 7 nitrogen and oxygen atoms in total. The fourth-order valence-corrected chi connectivity index (χ4v) is 5.11. The maximum absolute atomic E-state index is 13.3. The van der Waals surface area contributed by atoms with E-state index in [1.54, 1.807) is 29.2 Å². The molecule has 0 saturated carbocycles. The molecule has 33 heavy (non-hydrogen) atoms. The van der Waals surface area contributed by atoms with Gasteiger partial charge in [0.05, 0.1) is 11.0 Å². The van der Waals surface area contributed by atoms with Gasteiger partial charge in [-0.05, 0) is 73.3 Å². The molecule has 0 bridgehead atoms. The van der Waals surface area contributed by atoms with Crippen LogP contribution in [0.3, 0.4) is 0 Å². The van der Waals surface area contributed by atoms with E-state index in [0.29, 0.717) is 17.0 Å². The molecule has 7 heteroatoms. The number of carboxylic acid groups (broad SMARTS) is 1. The molecule has 2 aliphatic heterocycles. The fourth-order valence-electron chi connectivity index (χ4n) is 5.11. The van der Waals surface area contributed by atoms with Gasteiger partial charge in [0.2, 0.25) is 5.91 Å². The summed E-state index contributed by atoms with van der Waals surface area (Å²) in [5.74, 6) is -0.544. The van der Waals surface area contributed by atoms with Crippen LogP contribution in [0.5, 0.6) is 0 Å². The smallest absolute Gasteiger partial charge is 0.335 e. The van der Waals surface area contributed by atoms with E-state index in [1.807, 2.05) is 19.2 Å². The van der Waals surface area contributed by atoms with Crippen LogP contribution in [0.4, 0.5) is 5.69 Å². The Morgan fingerprint density at radius 1 is 1.09 bits per heavy atom. The molecule has 174 valence electrons. The van der Waals surface area contributed by atoms with Crippen molar-refractivity contribution in [3.05, 3.63) is 64.7 Å². The number of carboxylic acids is 1. The summed E-state index contributed by atoms with van der Waals surface area (Å²) < 4.78 is 0. The van der Waals surface area contributed by atoms with Crippen molar-refractivity contribution in [3.8, 4) is 0 Å². The van der Waals surface area contributed by atoms with Crippen molar-refractivity contribution in [1.82, 2.24) is 10.2 Å². The van der Waals surface area contributed by atoms with E-state index in [2.05, 4.69) is 24.1 Å². The number of rotatable bonds is 6. The van der Waals surface area contributed by atoms with Crippen molar-refractivity contribution in [2.45, 2.75) is 38.6 Å². The standard InChI is InChI=1S/C26H31N3O4/c1-17(2)16-29-11-9-26(10-12-29)21-14-19(7-8-22(21)28(3)25(26)33)23(30)27-15-18-5-4-6-20(13-18)24(31)32/h4-8,13-14,17H,9-12,15-16H2,1-3H3,(H,27,30)(H,31,32). The summed E-state index contributed by atoms with van der Waals surface area (Å²) in [4.78, 5) is 41.5. The van der Waals surface area contributed by atoms with Crippen LogP contribution in [-0.2, 0) is 16.8 Å². The minimum Gasteiger partial charge on any atom is -0.478 e. The van der Waals surface area contributed by atoms with E-state index in [1.165, 1.54) is 6.07 Å². The number of carbonyl (C=O) groups is 3. The molecule has 0 aromatic heterocycles. The predicted octanol–water partition coefficient (Wildman–Crippen LogP) is 3.28. The highest BCUT2D eigenvalue weighted by atomic mass is 16.4. The van der Waals surface area contributed by atoms with Gasteiger partial charge < -0.3 is 20.2 Å². The number of benzene rings is 2. The number of likely N-dealkylation sites (tertiary alicyclic amines) is 1. The van der Waals surface area contributed by atoms with Crippen LogP contribution in [0, 0.1) is 5.92 Å². The minimum absolute atomic E-state index is 0.116. The van der Waals surface area contributed by atoms with Gasteiger partial charge in [0.1, 0.15) is 0 Å². The lowest BCUT2D eigenvalue weighted by atomic mass is 9.73. The molecule has 0 aliphatic carbocycles. The fraction of sp³-hybridized carbons (Fsp3) is 0.423. The first-order valence-corrected chi connectivity index (χ1v) is 11.5. The van der Waals surface area contributed by atoms with E-state index in [0.717, 1.165) is 43.7 Å². The maximum Gasteiger partial charge on any atom is 0.335 e. The Morgan fingerprint density at radius 2 is 1.82 bits per heavy atom. The molecule has 1 saturated heterocycles. The first-order valence-electron chi connectivity index (χ1n) is 11.5. The summed E-state index contributed by atoms with van der Waals surface area (Å²) >= 11 is 0. The van der Waals surface area contributed by atoms with Crippen molar-refractivity contribution in [3.63, 3.8) is 0 Å². The second-order valence-electron chi connectivity index (χ2n) is 9.56. The summed E-state index contributed by atoms with van der Waals surface area (Å²) in [6.07, 6.45) is 1.51. The summed E-state index contributed by atoms with van der Waals surface area (Å²) in [5.41, 5.74) is 2.67. The Kier molecular flexibility index (Phi) is 6.26. The molecule has 2 N–H and O–H groups in total.